The number of hydrogen-bond acceptors (Lipinski definition) is 3. The van der Waals surface area contributed by atoms with Gasteiger partial charge in [0.2, 0.25) is 5.91 Å². The molecule has 4 nitrogen and oxygen atoms in total. The van der Waals surface area contributed by atoms with Crippen LogP contribution in [0.1, 0.15) is 12.8 Å². The second-order valence-corrected chi connectivity index (χ2v) is 4.71. The summed E-state index contributed by atoms with van der Waals surface area (Å²) in [6.07, 6.45) is 1.65. The van der Waals surface area contributed by atoms with E-state index in [2.05, 4.69) is 5.32 Å². The van der Waals surface area contributed by atoms with Crippen LogP contribution in [0.4, 0.5) is 10.1 Å². The lowest BCUT2D eigenvalue weighted by molar-refractivity contribution is -0.125. The molecule has 1 aliphatic rings. The average Bonchev–Trinajstić information content (AvgIpc) is 2.41. The van der Waals surface area contributed by atoms with Crippen LogP contribution in [0, 0.1) is 5.82 Å². The second-order valence-electron chi connectivity index (χ2n) is 4.71. The fourth-order valence-electron chi connectivity index (χ4n) is 2.37. The molecule has 1 amide bonds. The van der Waals surface area contributed by atoms with Crippen LogP contribution in [0.5, 0.6) is 0 Å². The molecule has 0 unspecified atom stereocenters. The van der Waals surface area contributed by atoms with Crippen molar-refractivity contribution < 1.29 is 13.9 Å². The van der Waals surface area contributed by atoms with E-state index in [1.165, 1.54) is 13.2 Å². The number of para-hydroxylation sites is 1. The summed E-state index contributed by atoms with van der Waals surface area (Å²) in [7, 11) is 1.50. The Kier molecular flexibility index (Phi) is 4.74. The van der Waals surface area contributed by atoms with E-state index < -0.39 is 0 Å². The number of anilines is 1. The maximum absolute atomic E-state index is 13.7. The Morgan fingerprint density at radius 3 is 2.74 bits per heavy atom. The summed E-state index contributed by atoms with van der Waals surface area (Å²) >= 11 is 0. The smallest absolute Gasteiger partial charge is 0.246 e. The minimum absolute atomic E-state index is 0.0908. The van der Waals surface area contributed by atoms with Gasteiger partial charge in [0.05, 0.1) is 5.69 Å². The second kappa shape index (κ2) is 6.52. The first-order valence-corrected chi connectivity index (χ1v) is 6.48. The van der Waals surface area contributed by atoms with Crippen LogP contribution in [0.2, 0.25) is 0 Å². The molecule has 0 spiro atoms. The van der Waals surface area contributed by atoms with E-state index >= 15 is 0 Å². The summed E-state index contributed by atoms with van der Waals surface area (Å²) < 4.78 is 18.4. The number of hydrogen-bond donors (Lipinski definition) is 1. The van der Waals surface area contributed by atoms with E-state index in [-0.39, 0.29) is 24.4 Å². The van der Waals surface area contributed by atoms with Crippen molar-refractivity contribution in [1.29, 1.82) is 0 Å². The topological polar surface area (TPSA) is 41.6 Å². The third kappa shape index (κ3) is 3.67. The Morgan fingerprint density at radius 2 is 2.11 bits per heavy atom. The van der Waals surface area contributed by atoms with Crippen molar-refractivity contribution in [3.8, 4) is 0 Å². The van der Waals surface area contributed by atoms with Crippen molar-refractivity contribution in [3.05, 3.63) is 30.1 Å². The van der Waals surface area contributed by atoms with Gasteiger partial charge in [-0.15, -0.1) is 0 Å². The number of carbonyl (C=O) groups excluding carboxylic acids is 1. The van der Waals surface area contributed by atoms with Gasteiger partial charge in [-0.2, -0.15) is 0 Å². The van der Waals surface area contributed by atoms with Crippen LogP contribution in [-0.4, -0.2) is 38.8 Å². The summed E-state index contributed by atoms with van der Waals surface area (Å²) in [5.41, 5.74) is 0.643. The highest BCUT2D eigenvalue weighted by molar-refractivity contribution is 5.77. The number of amides is 1. The number of ether oxygens (including phenoxy) is 1. The maximum Gasteiger partial charge on any atom is 0.246 e. The molecule has 0 bridgehead atoms. The van der Waals surface area contributed by atoms with Crippen LogP contribution >= 0.6 is 0 Å². The summed E-state index contributed by atoms with van der Waals surface area (Å²) in [6, 6.07) is 6.95. The molecule has 2 rings (SSSR count). The highest BCUT2D eigenvalue weighted by Gasteiger charge is 2.22. The molecule has 0 aliphatic carbocycles. The lowest BCUT2D eigenvalue weighted by atomic mass is 10.0. The van der Waals surface area contributed by atoms with Crippen molar-refractivity contribution in [2.45, 2.75) is 18.9 Å². The monoisotopic (exact) mass is 266 g/mol. The molecule has 1 N–H and O–H groups in total. The summed E-state index contributed by atoms with van der Waals surface area (Å²) in [4.78, 5) is 13.4. The summed E-state index contributed by atoms with van der Waals surface area (Å²) in [6.45, 7) is 1.59. The molecule has 1 saturated heterocycles. The predicted octanol–water partition coefficient (Wildman–Crippen LogP) is 1.56. The first kappa shape index (κ1) is 13.8. The van der Waals surface area contributed by atoms with E-state index in [1.54, 1.807) is 12.1 Å². The van der Waals surface area contributed by atoms with Gasteiger partial charge in [-0.05, 0) is 25.0 Å². The molecule has 19 heavy (non-hydrogen) atoms. The quantitative estimate of drug-likeness (QED) is 0.899. The Labute approximate surface area is 112 Å². The molecule has 0 atom stereocenters. The van der Waals surface area contributed by atoms with E-state index in [0.29, 0.717) is 5.69 Å². The third-order valence-electron chi connectivity index (χ3n) is 3.33. The number of nitrogens with zero attached hydrogens (tertiary/aromatic N) is 1. The van der Waals surface area contributed by atoms with Crippen LogP contribution in [-0.2, 0) is 9.53 Å². The van der Waals surface area contributed by atoms with Gasteiger partial charge >= 0.3 is 0 Å². The van der Waals surface area contributed by atoms with Gasteiger partial charge in [0.1, 0.15) is 12.4 Å². The standard InChI is InChI=1S/C14H19FN2O2/c1-19-10-14(18)16-11-6-8-17(9-7-11)13-5-3-2-4-12(13)15/h2-5,11H,6-10H2,1H3,(H,16,18). The van der Waals surface area contributed by atoms with Gasteiger partial charge in [-0.3, -0.25) is 4.79 Å². The molecule has 1 aromatic rings. The Morgan fingerprint density at radius 1 is 1.42 bits per heavy atom. The molecule has 0 saturated carbocycles. The van der Waals surface area contributed by atoms with E-state index in [4.69, 9.17) is 4.74 Å². The Hall–Kier alpha value is -1.62. The van der Waals surface area contributed by atoms with Crippen molar-refractivity contribution in [2.24, 2.45) is 0 Å². The molecule has 0 aromatic heterocycles. The summed E-state index contributed by atoms with van der Waals surface area (Å²) in [5, 5.41) is 2.92. The number of rotatable bonds is 4. The van der Waals surface area contributed by atoms with Gasteiger partial charge in [0, 0.05) is 26.2 Å². The van der Waals surface area contributed by atoms with Gasteiger partial charge < -0.3 is 15.0 Å². The number of nitrogens with one attached hydrogen (secondary N) is 1. The molecular formula is C14H19FN2O2. The zero-order valence-corrected chi connectivity index (χ0v) is 11.1. The number of methoxy groups -OCH3 is 1. The third-order valence-corrected chi connectivity index (χ3v) is 3.33. The van der Waals surface area contributed by atoms with Crippen molar-refractivity contribution in [1.82, 2.24) is 5.32 Å². The SMILES string of the molecule is COCC(=O)NC1CCN(c2ccccc2F)CC1. The van der Waals surface area contributed by atoms with E-state index in [1.807, 2.05) is 11.0 Å². The Balaban J connectivity index is 1.86. The largest absolute Gasteiger partial charge is 0.375 e. The van der Waals surface area contributed by atoms with Crippen molar-refractivity contribution in [3.63, 3.8) is 0 Å². The lowest BCUT2D eigenvalue weighted by Gasteiger charge is -2.34. The van der Waals surface area contributed by atoms with Gasteiger partial charge in [0.25, 0.3) is 0 Å². The highest BCUT2D eigenvalue weighted by Crippen LogP contribution is 2.22. The predicted molar refractivity (Wildman–Crippen MR) is 71.7 cm³/mol. The van der Waals surface area contributed by atoms with E-state index in [0.717, 1.165) is 25.9 Å². The minimum Gasteiger partial charge on any atom is -0.375 e. The zero-order valence-electron chi connectivity index (χ0n) is 11.1. The molecule has 1 fully saturated rings. The highest BCUT2D eigenvalue weighted by atomic mass is 19.1. The normalized spacial score (nSPS) is 16.4. The van der Waals surface area contributed by atoms with Gasteiger partial charge in [-0.1, -0.05) is 12.1 Å². The van der Waals surface area contributed by atoms with Crippen LogP contribution in [0.3, 0.4) is 0 Å². The zero-order chi connectivity index (χ0) is 13.7. The molecule has 1 aliphatic heterocycles. The van der Waals surface area contributed by atoms with Crippen LogP contribution in [0.25, 0.3) is 0 Å². The molecule has 104 valence electrons. The fourth-order valence-corrected chi connectivity index (χ4v) is 2.37. The first-order chi connectivity index (χ1) is 9.20. The molecule has 1 aromatic carbocycles. The van der Waals surface area contributed by atoms with Crippen molar-refractivity contribution in [2.75, 3.05) is 31.7 Å². The molecular weight excluding hydrogens is 247 g/mol. The number of piperidine rings is 1. The van der Waals surface area contributed by atoms with E-state index in [9.17, 15) is 9.18 Å². The van der Waals surface area contributed by atoms with Crippen molar-refractivity contribution >= 4 is 11.6 Å². The minimum atomic E-state index is -0.190. The number of carbonyl (C=O) groups is 1. The van der Waals surface area contributed by atoms with Crippen LogP contribution < -0.4 is 10.2 Å². The number of benzene rings is 1. The summed E-state index contributed by atoms with van der Waals surface area (Å²) in [5.74, 6) is -0.281. The average molecular weight is 266 g/mol. The van der Waals surface area contributed by atoms with Crippen LogP contribution in [0.15, 0.2) is 24.3 Å². The molecule has 1 heterocycles. The molecule has 5 heteroatoms. The number of halogens is 1. The van der Waals surface area contributed by atoms with Gasteiger partial charge in [-0.25, -0.2) is 4.39 Å². The molecule has 0 radical (unpaired) electrons. The first-order valence-electron chi connectivity index (χ1n) is 6.48. The Bertz CT molecular complexity index is 431. The fraction of sp³-hybridized carbons (Fsp3) is 0.500. The maximum atomic E-state index is 13.7. The van der Waals surface area contributed by atoms with Gasteiger partial charge in [0.15, 0.2) is 0 Å². The lowest BCUT2D eigenvalue weighted by Crippen LogP contribution is -2.45.